The summed E-state index contributed by atoms with van der Waals surface area (Å²) in [6.45, 7) is -0.121. The molecule has 2 aromatic carbocycles. The van der Waals surface area contributed by atoms with E-state index in [0.717, 1.165) is 12.8 Å². The highest BCUT2D eigenvalue weighted by atomic mass is 19.4. The first-order valence-corrected chi connectivity index (χ1v) is 8.61. The van der Waals surface area contributed by atoms with E-state index in [2.05, 4.69) is 10.6 Å². The van der Waals surface area contributed by atoms with Crippen LogP contribution >= 0.6 is 0 Å². The maximum absolute atomic E-state index is 14.3. The van der Waals surface area contributed by atoms with Crippen LogP contribution in [0.1, 0.15) is 24.0 Å². The molecule has 1 saturated carbocycles. The predicted molar refractivity (Wildman–Crippen MR) is 93.5 cm³/mol. The number of carbonyl (C=O) groups excluding carboxylic acids is 1. The van der Waals surface area contributed by atoms with Gasteiger partial charge in [-0.2, -0.15) is 13.2 Å². The van der Waals surface area contributed by atoms with Gasteiger partial charge in [0.1, 0.15) is 0 Å². The number of halogens is 3. The molecule has 6 heteroatoms. The second kappa shape index (κ2) is 7.50. The monoisotopic (exact) mass is 362 g/mol. The van der Waals surface area contributed by atoms with Crippen LogP contribution < -0.4 is 10.6 Å². The zero-order valence-electron chi connectivity index (χ0n) is 14.2. The van der Waals surface area contributed by atoms with Crippen LogP contribution in [0, 0.1) is 0 Å². The molecule has 0 aliphatic heterocycles. The Balaban J connectivity index is 1.95. The Labute approximate surface area is 150 Å². The summed E-state index contributed by atoms with van der Waals surface area (Å²) in [6, 6.07) is 16.2. The van der Waals surface area contributed by atoms with Crippen LogP contribution in [0.3, 0.4) is 0 Å². The molecule has 2 aromatic rings. The maximum Gasteiger partial charge on any atom is 0.416 e. The van der Waals surface area contributed by atoms with Gasteiger partial charge in [-0.3, -0.25) is 4.79 Å². The van der Waals surface area contributed by atoms with Gasteiger partial charge in [-0.1, -0.05) is 60.7 Å². The third kappa shape index (κ3) is 4.25. The number of hydrogen-bond donors (Lipinski definition) is 2. The lowest BCUT2D eigenvalue weighted by molar-refractivity contribution is -0.202. The van der Waals surface area contributed by atoms with Crippen molar-refractivity contribution in [3.63, 3.8) is 0 Å². The first kappa shape index (κ1) is 18.5. The normalized spacial score (nSPS) is 16.7. The van der Waals surface area contributed by atoms with Crippen LogP contribution in [-0.2, 0) is 16.8 Å². The molecule has 1 unspecified atom stereocenters. The van der Waals surface area contributed by atoms with Crippen molar-refractivity contribution in [2.75, 3.05) is 6.54 Å². The van der Waals surface area contributed by atoms with Crippen LogP contribution in [0.4, 0.5) is 13.2 Å². The van der Waals surface area contributed by atoms with Crippen LogP contribution in [-0.4, -0.2) is 24.7 Å². The fourth-order valence-corrected chi connectivity index (χ4v) is 2.98. The SMILES string of the molecule is O=C(CNC1CC1)NC(Cc1ccccc1)(c1ccccc1)C(F)(F)F. The number of carbonyl (C=O) groups is 1. The van der Waals surface area contributed by atoms with E-state index < -0.39 is 17.6 Å². The molecule has 3 rings (SSSR count). The van der Waals surface area contributed by atoms with Crippen molar-refractivity contribution in [1.82, 2.24) is 10.6 Å². The van der Waals surface area contributed by atoms with Crippen molar-refractivity contribution in [2.45, 2.75) is 37.0 Å². The molecule has 0 spiro atoms. The summed E-state index contributed by atoms with van der Waals surface area (Å²) in [5.74, 6) is -0.658. The highest BCUT2D eigenvalue weighted by Crippen LogP contribution is 2.41. The molecule has 1 atom stereocenters. The predicted octanol–water partition coefficient (Wildman–Crippen LogP) is 3.56. The van der Waals surface area contributed by atoms with Crippen molar-refractivity contribution >= 4 is 5.91 Å². The Morgan fingerprint density at radius 3 is 2.08 bits per heavy atom. The van der Waals surface area contributed by atoms with Crippen molar-refractivity contribution in [3.8, 4) is 0 Å². The standard InChI is InChI=1S/C20H21F3N2O/c21-20(22,23)19(16-9-5-2-6-10-16,13-15-7-3-1-4-8-15)25-18(26)14-24-17-11-12-17/h1-10,17,24H,11-14H2,(H,25,26). The Kier molecular flexibility index (Phi) is 5.32. The van der Waals surface area contributed by atoms with Crippen molar-refractivity contribution < 1.29 is 18.0 Å². The van der Waals surface area contributed by atoms with E-state index in [4.69, 9.17) is 0 Å². The number of nitrogens with one attached hydrogen (secondary N) is 2. The van der Waals surface area contributed by atoms with Gasteiger partial charge in [0.05, 0.1) is 6.54 Å². The van der Waals surface area contributed by atoms with Gasteiger partial charge < -0.3 is 10.6 Å². The van der Waals surface area contributed by atoms with Gasteiger partial charge in [-0.25, -0.2) is 0 Å². The lowest BCUT2D eigenvalue weighted by Crippen LogP contribution is -2.59. The van der Waals surface area contributed by atoms with Gasteiger partial charge in [0.2, 0.25) is 5.91 Å². The average Bonchev–Trinajstić information content (AvgIpc) is 3.44. The van der Waals surface area contributed by atoms with Gasteiger partial charge in [-0.15, -0.1) is 0 Å². The molecule has 2 N–H and O–H groups in total. The summed E-state index contributed by atoms with van der Waals surface area (Å²) < 4.78 is 42.8. The molecule has 1 aliphatic carbocycles. The first-order chi connectivity index (χ1) is 12.4. The second-order valence-electron chi connectivity index (χ2n) is 6.63. The van der Waals surface area contributed by atoms with Crippen molar-refractivity contribution in [1.29, 1.82) is 0 Å². The lowest BCUT2D eigenvalue weighted by Gasteiger charge is -2.37. The van der Waals surface area contributed by atoms with E-state index in [-0.39, 0.29) is 24.6 Å². The lowest BCUT2D eigenvalue weighted by atomic mass is 9.82. The largest absolute Gasteiger partial charge is 0.416 e. The molecule has 1 amide bonds. The van der Waals surface area contributed by atoms with Crippen LogP contribution in [0.25, 0.3) is 0 Å². The van der Waals surface area contributed by atoms with E-state index in [9.17, 15) is 18.0 Å². The Hall–Kier alpha value is -2.34. The summed E-state index contributed by atoms with van der Waals surface area (Å²) in [7, 11) is 0. The molecule has 26 heavy (non-hydrogen) atoms. The van der Waals surface area contributed by atoms with Crippen molar-refractivity contribution in [3.05, 3.63) is 71.8 Å². The number of rotatable bonds is 7. The number of amides is 1. The molecule has 3 nitrogen and oxygen atoms in total. The zero-order valence-corrected chi connectivity index (χ0v) is 14.2. The fourth-order valence-electron chi connectivity index (χ4n) is 2.98. The van der Waals surface area contributed by atoms with Gasteiger partial charge in [0.15, 0.2) is 5.54 Å². The van der Waals surface area contributed by atoms with E-state index in [0.29, 0.717) is 5.56 Å². The third-order valence-corrected chi connectivity index (χ3v) is 4.54. The zero-order chi connectivity index (χ0) is 18.6. The Bertz CT molecular complexity index is 730. The molecule has 0 saturated heterocycles. The summed E-state index contributed by atoms with van der Waals surface area (Å²) in [5.41, 5.74) is -1.95. The minimum absolute atomic E-state index is 0.0242. The molecule has 0 heterocycles. The third-order valence-electron chi connectivity index (χ3n) is 4.54. The molecular formula is C20H21F3N2O. The molecule has 1 aliphatic rings. The Morgan fingerprint density at radius 1 is 0.962 bits per heavy atom. The topological polar surface area (TPSA) is 41.1 Å². The summed E-state index contributed by atoms with van der Waals surface area (Å²) in [6.07, 6.45) is -3.10. The highest BCUT2D eigenvalue weighted by molar-refractivity contribution is 5.79. The maximum atomic E-state index is 14.3. The molecular weight excluding hydrogens is 341 g/mol. The number of benzene rings is 2. The molecule has 138 valence electrons. The van der Waals surface area contributed by atoms with E-state index >= 15 is 0 Å². The van der Waals surface area contributed by atoms with Gasteiger partial charge in [-0.05, 0) is 24.0 Å². The van der Waals surface area contributed by atoms with Crippen LogP contribution in [0.15, 0.2) is 60.7 Å². The first-order valence-electron chi connectivity index (χ1n) is 8.61. The van der Waals surface area contributed by atoms with E-state index in [1.807, 2.05) is 0 Å². The van der Waals surface area contributed by atoms with Gasteiger partial charge >= 0.3 is 6.18 Å². The minimum Gasteiger partial charge on any atom is -0.337 e. The van der Waals surface area contributed by atoms with Gasteiger partial charge in [0, 0.05) is 12.5 Å². The molecule has 0 radical (unpaired) electrons. The van der Waals surface area contributed by atoms with Crippen LogP contribution in [0.5, 0.6) is 0 Å². The average molecular weight is 362 g/mol. The molecule has 0 bridgehead atoms. The van der Waals surface area contributed by atoms with E-state index in [1.54, 1.807) is 48.5 Å². The van der Waals surface area contributed by atoms with Crippen LogP contribution in [0.2, 0.25) is 0 Å². The molecule has 0 aromatic heterocycles. The summed E-state index contributed by atoms with van der Waals surface area (Å²) in [5, 5.41) is 5.26. The quantitative estimate of drug-likeness (QED) is 0.791. The van der Waals surface area contributed by atoms with Gasteiger partial charge in [0.25, 0.3) is 0 Å². The fraction of sp³-hybridized carbons (Fsp3) is 0.350. The smallest absolute Gasteiger partial charge is 0.337 e. The van der Waals surface area contributed by atoms with Crippen molar-refractivity contribution in [2.24, 2.45) is 0 Å². The second-order valence-corrected chi connectivity index (χ2v) is 6.63. The molecule has 1 fully saturated rings. The highest BCUT2D eigenvalue weighted by Gasteiger charge is 2.56. The summed E-state index contributed by atoms with van der Waals surface area (Å²) >= 11 is 0. The summed E-state index contributed by atoms with van der Waals surface area (Å²) in [4.78, 5) is 12.3. The number of hydrogen-bond acceptors (Lipinski definition) is 2. The number of alkyl halides is 3. The van der Waals surface area contributed by atoms with E-state index in [1.165, 1.54) is 12.1 Å². The Morgan fingerprint density at radius 2 is 1.54 bits per heavy atom. The minimum atomic E-state index is -4.65.